The predicted octanol–water partition coefficient (Wildman–Crippen LogP) is 5.30. The summed E-state index contributed by atoms with van der Waals surface area (Å²) in [6.45, 7) is 2.95. The zero-order valence-electron chi connectivity index (χ0n) is 13.9. The van der Waals surface area contributed by atoms with Crippen molar-refractivity contribution in [3.63, 3.8) is 0 Å². The maximum absolute atomic E-state index is 6.38. The SMILES string of the molecule is Cc1c(-c2ccccc2)oc2c1CNC(c1cccs1)c1cccn1-2. The van der Waals surface area contributed by atoms with Gasteiger partial charge in [-0.1, -0.05) is 36.4 Å². The molecule has 0 fully saturated rings. The quantitative estimate of drug-likeness (QED) is 0.534. The lowest BCUT2D eigenvalue weighted by Gasteiger charge is -2.15. The van der Waals surface area contributed by atoms with E-state index >= 15 is 0 Å². The van der Waals surface area contributed by atoms with Crippen molar-refractivity contribution in [1.29, 1.82) is 0 Å². The van der Waals surface area contributed by atoms with Gasteiger partial charge in [-0.15, -0.1) is 11.3 Å². The first kappa shape index (κ1) is 14.8. The molecule has 1 aliphatic heterocycles. The highest BCUT2D eigenvalue weighted by Crippen LogP contribution is 2.38. The summed E-state index contributed by atoms with van der Waals surface area (Å²) in [5.74, 6) is 1.89. The third-order valence-corrected chi connectivity index (χ3v) is 5.83. The number of hydrogen-bond acceptors (Lipinski definition) is 3. The van der Waals surface area contributed by atoms with Gasteiger partial charge < -0.3 is 9.73 Å². The van der Waals surface area contributed by atoms with Crippen LogP contribution in [0.5, 0.6) is 0 Å². The Morgan fingerprint density at radius 1 is 1.08 bits per heavy atom. The zero-order valence-corrected chi connectivity index (χ0v) is 14.7. The second kappa shape index (κ2) is 5.76. The monoisotopic (exact) mass is 346 g/mol. The number of furan rings is 1. The van der Waals surface area contributed by atoms with Gasteiger partial charge in [0, 0.05) is 40.0 Å². The molecule has 3 nitrogen and oxygen atoms in total. The van der Waals surface area contributed by atoms with Crippen molar-refractivity contribution in [3.05, 3.63) is 87.9 Å². The first-order valence-electron chi connectivity index (χ1n) is 8.45. The van der Waals surface area contributed by atoms with E-state index in [4.69, 9.17) is 4.42 Å². The molecule has 0 saturated heterocycles. The number of benzene rings is 1. The maximum atomic E-state index is 6.38. The Kier molecular flexibility index (Phi) is 3.40. The van der Waals surface area contributed by atoms with E-state index in [-0.39, 0.29) is 6.04 Å². The van der Waals surface area contributed by atoms with Crippen LogP contribution in [-0.2, 0) is 6.54 Å². The summed E-state index contributed by atoms with van der Waals surface area (Å²) in [6, 6.07) is 19.1. The van der Waals surface area contributed by atoms with E-state index in [9.17, 15) is 0 Å². The molecule has 0 aliphatic carbocycles. The molecule has 0 amide bonds. The minimum absolute atomic E-state index is 0.192. The van der Waals surface area contributed by atoms with Crippen LogP contribution in [0.15, 0.2) is 70.6 Å². The normalized spacial score (nSPS) is 16.3. The summed E-state index contributed by atoms with van der Waals surface area (Å²) in [5.41, 5.74) is 4.78. The minimum atomic E-state index is 0.192. The fourth-order valence-electron chi connectivity index (χ4n) is 3.62. The van der Waals surface area contributed by atoms with Crippen LogP contribution in [0.4, 0.5) is 0 Å². The average Bonchev–Trinajstić information content (AvgIpc) is 3.37. The van der Waals surface area contributed by atoms with Crippen molar-refractivity contribution < 1.29 is 4.42 Å². The predicted molar refractivity (Wildman–Crippen MR) is 101 cm³/mol. The van der Waals surface area contributed by atoms with Gasteiger partial charge in [-0.05, 0) is 30.5 Å². The standard InChI is InChI=1S/C21H18N2OS/c1-14-16-13-22-19(18-10-6-12-25-18)17-9-5-11-23(17)21(16)24-20(14)15-7-3-2-4-8-15/h2-12,19,22H,13H2,1H3. The van der Waals surface area contributed by atoms with Gasteiger partial charge in [0.2, 0.25) is 5.88 Å². The Balaban J connectivity index is 1.67. The van der Waals surface area contributed by atoms with Crippen LogP contribution in [0.3, 0.4) is 0 Å². The fourth-order valence-corrected chi connectivity index (χ4v) is 4.44. The van der Waals surface area contributed by atoms with Crippen molar-refractivity contribution >= 4 is 11.3 Å². The second-order valence-electron chi connectivity index (χ2n) is 6.34. The molecular formula is C21H18N2OS. The lowest BCUT2D eigenvalue weighted by atomic mass is 10.1. The van der Waals surface area contributed by atoms with Crippen molar-refractivity contribution in [3.8, 4) is 17.2 Å². The van der Waals surface area contributed by atoms with Crippen LogP contribution in [0, 0.1) is 6.92 Å². The van der Waals surface area contributed by atoms with Gasteiger partial charge in [-0.25, -0.2) is 0 Å². The van der Waals surface area contributed by atoms with Crippen LogP contribution in [-0.4, -0.2) is 4.57 Å². The van der Waals surface area contributed by atoms with Crippen molar-refractivity contribution in [2.75, 3.05) is 0 Å². The molecule has 1 aliphatic rings. The number of aromatic nitrogens is 1. The molecule has 5 rings (SSSR count). The fraction of sp³-hybridized carbons (Fsp3) is 0.143. The Morgan fingerprint density at radius 2 is 1.96 bits per heavy atom. The molecule has 4 aromatic rings. The third-order valence-electron chi connectivity index (χ3n) is 4.89. The highest BCUT2D eigenvalue weighted by Gasteiger charge is 2.28. The number of nitrogens with one attached hydrogen (secondary N) is 1. The van der Waals surface area contributed by atoms with Gasteiger partial charge in [-0.2, -0.15) is 0 Å². The van der Waals surface area contributed by atoms with Gasteiger partial charge in [0.25, 0.3) is 0 Å². The summed E-state index contributed by atoms with van der Waals surface area (Å²) in [4.78, 5) is 1.33. The lowest BCUT2D eigenvalue weighted by molar-refractivity contribution is 0.543. The molecule has 25 heavy (non-hydrogen) atoms. The molecule has 0 saturated carbocycles. The number of hydrogen-bond donors (Lipinski definition) is 1. The Morgan fingerprint density at radius 3 is 2.76 bits per heavy atom. The zero-order chi connectivity index (χ0) is 16.8. The molecule has 1 unspecified atom stereocenters. The van der Waals surface area contributed by atoms with Crippen LogP contribution >= 0.6 is 11.3 Å². The van der Waals surface area contributed by atoms with E-state index in [1.165, 1.54) is 21.7 Å². The molecule has 0 spiro atoms. The Hall–Kier alpha value is -2.56. The molecule has 4 heterocycles. The van der Waals surface area contributed by atoms with Gasteiger partial charge in [-0.3, -0.25) is 4.57 Å². The highest BCUT2D eigenvalue weighted by atomic mass is 32.1. The number of thiophene rings is 1. The molecule has 4 heteroatoms. The van der Waals surface area contributed by atoms with E-state index in [2.05, 4.69) is 76.9 Å². The Labute approximate surface area is 150 Å². The van der Waals surface area contributed by atoms with Crippen LogP contribution in [0.25, 0.3) is 17.2 Å². The van der Waals surface area contributed by atoms with E-state index in [0.717, 1.165) is 23.8 Å². The first-order chi connectivity index (χ1) is 12.3. The summed E-state index contributed by atoms with van der Waals surface area (Å²) in [6.07, 6.45) is 2.10. The molecule has 0 bridgehead atoms. The Bertz CT molecular complexity index is 1010. The minimum Gasteiger partial charge on any atom is -0.439 e. The highest BCUT2D eigenvalue weighted by molar-refractivity contribution is 7.10. The first-order valence-corrected chi connectivity index (χ1v) is 9.33. The number of fused-ring (bicyclic) bond motifs is 3. The average molecular weight is 346 g/mol. The largest absolute Gasteiger partial charge is 0.439 e. The summed E-state index contributed by atoms with van der Waals surface area (Å²) >= 11 is 1.78. The summed E-state index contributed by atoms with van der Waals surface area (Å²) < 4.78 is 8.57. The molecule has 3 aromatic heterocycles. The molecule has 1 atom stereocenters. The summed E-state index contributed by atoms with van der Waals surface area (Å²) in [5, 5.41) is 5.85. The van der Waals surface area contributed by atoms with E-state index < -0.39 is 0 Å². The summed E-state index contributed by atoms with van der Waals surface area (Å²) in [7, 11) is 0. The van der Waals surface area contributed by atoms with Crippen molar-refractivity contribution in [2.24, 2.45) is 0 Å². The van der Waals surface area contributed by atoms with Gasteiger partial charge in [0.1, 0.15) is 5.76 Å². The molecule has 124 valence electrons. The van der Waals surface area contributed by atoms with E-state index in [0.29, 0.717) is 0 Å². The van der Waals surface area contributed by atoms with Gasteiger partial charge >= 0.3 is 0 Å². The smallest absolute Gasteiger partial charge is 0.209 e. The second-order valence-corrected chi connectivity index (χ2v) is 7.32. The lowest BCUT2D eigenvalue weighted by Crippen LogP contribution is -2.20. The molecule has 0 radical (unpaired) electrons. The van der Waals surface area contributed by atoms with E-state index in [1.807, 2.05) is 6.07 Å². The topological polar surface area (TPSA) is 30.1 Å². The maximum Gasteiger partial charge on any atom is 0.209 e. The van der Waals surface area contributed by atoms with Crippen LogP contribution < -0.4 is 5.32 Å². The number of nitrogens with zero attached hydrogens (tertiary/aromatic N) is 1. The van der Waals surface area contributed by atoms with E-state index in [1.54, 1.807) is 11.3 Å². The van der Waals surface area contributed by atoms with Gasteiger partial charge in [0.15, 0.2) is 0 Å². The van der Waals surface area contributed by atoms with Crippen LogP contribution in [0.2, 0.25) is 0 Å². The van der Waals surface area contributed by atoms with Gasteiger partial charge in [0.05, 0.1) is 6.04 Å². The van der Waals surface area contributed by atoms with Crippen LogP contribution in [0.1, 0.15) is 27.7 Å². The molecule has 1 N–H and O–H groups in total. The van der Waals surface area contributed by atoms with Crippen molar-refractivity contribution in [1.82, 2.24) is 9.88 Å². The molecular weight excluding hydrogens is 328 g/mol. The van der Waals surface area contributed by atoms with Crippen molar-refractivity contribution in [2.45, 2.75) is 19.5 Å². The third kappa shape index (κ3) is 2.29. The number of rotatable bonds is 2. The molecule has 1 aromatic carbocycles.